The molecule has 0 fully saturated rings. The summed E-state index contributed by atoms with van der Waals surface area (Å²) in [6.07, 6.45) is 4.45. The van der Waals surface area contributed by atoms with Crippen LogP contribution in [0.25, 0.3) is 0 Å². The number of hydrogen-bond donors (Lipinski definition) is 2. The third-order valence-electron chi connectivity index (χ3n) is 5.11. The molecule has 5 heteroatoms. The Morgan fingerprint density at radius 1 is 1.30 bits per heavy atom. The number of amides is 1. The van der Waals surface area contributed by atoms with Gasteiger partial charge < -0.3 is 15.8 Å². The van der Waals surface area contributed by atoms with Crippen molar-refractivity contribution in [2.75, 3.05) is 12.8 Å². The molecule has 1 aliphatic rings. The summed E-state index contributed by atoms with van der Waals surface area (Å²) in [6.45, 7) is 2.11. The number of methoxy groups -OCH3 is 1. The van der Waals surface area contributed by atoms with Gasteiger partial charge in [-0.05, 0) is 66.5 Å². The van der Waals surface area contributed by atoms with Crippen molar-refractivity contribution in [3.05, 3.63) is 59.2 Å². The number of hydrogen-bond acceptors (Lipinski definition) is 3. The number of halogens is 1. The fourth-order valence-corrected chi connectivity index (χ4v) is 3.87. The van der Waals surface area contributed by atoms with Crippen molar-refractivity contribution >= 4 is 24.0 Å². The Labute approximate surface area is 167 Å². The van der Waals surface area contributed by atoms with Crippen LogP contribution >= 0.6 is 12.4 Å². The average Bonchev–Trinajstić information content (AvgIpc) is 2.62. The van der Waals surface area contributed by atoms with E-state index in [9.17, 15) is 4.79 Å². The van der Waals surface area contributed by atoms with Gasteiger partial charge in [0, 0.05) is 12.1 Å². The van der Waals surface area contributed by atoms with E-state index in [0.717, 1.165) is 42.7 Å². The van der Waals surface area contributed by atoms with Crippen LogP contribution in [0.15, 0.2) is 42.5 Å². The third-order valence-corrected chi connectivity index (χ3v) is 5.11. The van der Waals surface area contributed by atoms with Gasteiger partial charge in [-0.2, -0.15) is 0 Å². The molecule has 1 aliphatic carbocycles. The Kier molecular flexibility index (Phi) is 7.55. The molecule has 146 valence electrons. The summed E-state index contributed by atoms with van der Waals surface area (Å²) in [7, 11) is 1.68. The molecule has 2 aromatic rings. The summed E-state index contributed by atoms with van der Waals surface area (Å²) in [5.74, 6) is 1.25. The van der Waals surface area contributed by atoms with Gasteiger partial charge in [-0.1, -0.05) is 31.2 Å². The van der Waals surface area contributed by atoms with E-state index in [4.69, 9.17) is 10.5 Å². The fraction of sp³-hybridized carbons (Fsp3) is 0.409. The van der Waals surface area contributed by atoms with Crippen LogP contribution < -0.4 is 15.8 Å². The van der Waals surface area contributed by atoms with Crippen LogP contribution in [0.2, 0.25) is 0 Å². The predicted molar refractivity (Wildman–Crippen MR) is 112 cm³/mol. The van der Waals surface area contributed by atoms with E-state index in [1.165, 1.54) is 11.1 Å². The summed E-state index contributed by atoms with van der Waals surface area (Å²) < 4.78 is 5.41. The van der Waals surface area contributed by atoms with Crippen molar-refractivity contribution < 1.29 is 9.53 Å². The standard InChI is InChI=1S/C22H28N2O2.ClH/c1-15(12-17-6-3-4-9-21(17)26-2)13-22(25)24-20-8-5-7-16-14-18(23)10-11-19(16)20;/h3-4,6,9-11,14-15,20H,5,7-8,12-13,23H2,1-2H3,(H,24,25);1H. The smallest absolute Gasteiger partial charge is 0.220 e. The number of ether oxygens (including phenoxy) is 1. The number of para-hydroxylation sites is 1. The molecule has 3 N–H and O–H groups in total. The van der Waals surface area contributed by atoms with Crippen molar-refractivity contribution in [2.45, 2.75) is 45.1 Å². The number of nitrogen functional groups attached to an aromatic ring is 1. The molecule has 4 nitrogen and oxygen atoms in total. The average molecular weight is 389 g/mol. The second-order valence-electron chi connectivity index (χ2n) is 7.30. The van der Waals surface area contributed by atoms with Gasteiger partial charge in [-0.3, -0.25) is 4.79 Å². The number of anilines is 1. The molecule has 2 aromatic carbocycles. The number of rotatable bonds is 6. The topological polar surface area (TPSA) is 64.3 Å². The normalized spacial score (nSPS) is 16.6. The minimum absolute atomic E-state index is 0. The first kappa shape index (κ1) is 21.1. The van der Waals surface area contributed by atoms with Crippen molar-refractivity contribution in [2.24, 2.45) is 5.92 Å². The van der Waals surface area contributed by atoms with Crippen molar-refractivity contribution in [3.63, 3.8) is 0 Å². The highest BCUT2D eigenvalue weighted by molar-refractivity contribution is 5.85. The molecule has 0 saturated heterocycles. The van der Waals surface area contributed by atoms with E-state index in [2.05, 4.69) is 24.4 Å². The Hall–Kier alpha value is -2.20. The zero-order chi connectivity index (χ0) is 18.5. The van der Waals surface area contributed by atoms with Gasteiger partial charge >= 0.3 is 0 Å². The lowest BCUT2D eigenvalue weighted by Gasteiger charge is -2.27. The van der Waals surface area contributed by atoms with Crippen LogP contribution in [0.5, 0.6) is 5.75 Å². The van der Waals surface area contributed by atoms with Gasteiger partial charge in [0.15, 0.2) is 0 Å². The summed E-state index contributed by atoms with van der Waals surface area (Å²) in [5, 5.41) is 3.23. The Bertz CT molecular complexity index is 779. The predicted octanol–water partition coefficient (Wildman–Crippen LogP) is 4.46. The summed E-state index contributed by atoms with van der Waals surface area (Å²) in [5.41, 5.74) is 10.3. The molecule has 0 spiro atoms. The lowest BCUT2D eigenvalue weighted by molar-refractivity contribution is -0.122. The zero-order valence-electron chi connectivity index (χ0n) is 16.0. The van der Waals surface area contributed by atoms with Gasteiger partial charge in [-0.15, -0.1) is 12.4 Å². The second kappa shape index (κ2) is 9.65. The second-order valence-corrected chi connectivity index (χ2v) is 7.30. The van der Waals surface area contributed by atoms with E-state index in [1.54, 1.807) is 7.11 Å². The monoisotopic (exact) mass is 388 g/mol. The summed E-state index contributed by atoms with van der Waals surface area (Å²) in [4.78, 5) is 12.6. The molecular weight excluding hydrogens is 360 g/mol. The van der Waals surface area contributed by atoms with Gasteiger partial charge in [-0.25, -0.2) is 0 Å². The first-order valence-corrected chi connectivity index (χ1v) is 9.36. The summed E-state index contributed by atoms with van der Waals surface area (Å²) in [6, 6.07) is 14.1. The molecule has 0 aliphatic heterocycles. The van der Waals surface area contributed by atoms with Gasteiger partial charge in [0.1, 0.15) is 5.75 Å². The molecule has 0 aromatic heterocycles. The van der Waals surface area contributed by atoms with Crippen LogP contribution in [-0.4, -0.2) is 13.0 Å². The number of carbonyl (C=O) groups excluding carboxylic acids is 1. The number of benzene rings is 2. The maximum atomic E-state index is 12.6. The number of nitrogens with two attached hydrogens (primary N) is 1. The number of fused-ring (bicyclic) bond motifs is 1. The summed E-state index contributed by atoms with van der Waals surface area (Å²) >= 11 is 0. The van der Waals surface area contributed by atoms with E-state index < -0.39 is 0 Å². The molecule has 1 amide bonds. The SMILES string of the molecule is COc1ccccc1CC(C)CC(=O)NC1CCCc2cc(N)ccc21.Cl. The number of aryl methyl sites for hydroxylation is 1. The van der Waals surface area contributed by atoms with Crippen LogP contribution in [0.4, 0.5) is 5.69 Å². The van der Waals surface area contributed by atoms with E-state index in [-0.39, 0.29) is 30.3 Å². The van der Waals surface area contributed by atoms with Crippen molar-refractivity contribution in [1.82, 2.24) is 5.32 Å². The first-order valence-electron chi connectivity index (χ1n) is 9.36. The number of carbonyl (C=O) groups is 1. The van der Waals surface area contributed by atoms with Gasteiger partial charge in [0.05, 0.1) is 13.2 Å². The van der Waals surface area contributed by atoms with Crippen LogP contribution in [0.1, 0.15) is 48.9 Å². The highest BCUT2D eigenvalue weighted by Crippen LogP contribution is 2.31. The maximum Gasteiger partial charge on any atom is 0.220 e. The quantitative estimate of drug-likeness (QED) is 0.718. The maximum absolute atomic E-state index is 12.6. The molecule has 0 radical (unpaired) electrons. The molecule has 0 saturated carbocycles. The van der Waals surface area contributed by atoms with Gasteiger partial charge in [0.25, 0.3) is 0 Å². The molecule has 0 bridgehead atoms. The lowest BCUT2D eigenvalue weighted by atomic mass is 9.87. The molecule has 2 unspecified atom stereocenters. The molecule has 27 heavy (non-hydrogen) atoms. The van der Waals surface area contributed by atoms with E-state index in [1.807, 2.05) is 30.3 Å². The van der Waals surface area contributed by atoms with E-state index in [0.29, 0.717) is 6.42 Å². The molecule has 2 atom stereocenters. The minimum Gasteiger partial charge on any atom is -0.496 e. The Morgan fingerprint density at radius 3 is 2.85 bits per heavy atom. The highest BCUT2D eigenvalue weighted by atomic mass is 35.5. The van der Waals surface area contributed by atoms with Crippen molar-refractivity contribution in [1.29, 1.82) is 0 Å². The Balaban J connectivity index is 0.00000261. The zero-order valence-corrected chi connectivity index (χ0v) is 16.9. The molecular formula is C22H29ClN2O2. The Morgan fingerprint density at radius 2 is 2.07 bits per heavy atom. The van der Waals surface area contributed by atoms with Crippen LogP contribution in [-0.2, 0) is 17.6 Å². The minimum atomic E-state index is 0. The van der Waals surface area contributed by atoms with Crippen molar-refractivity contribution in [3.8, 4) is 5.75 Å². The van der Waals surface area contributed by atoms with Crippen LogP contribution in [0.3, 0.4) is 0 Å². The largest absolute Gasteiger partial charge is 0.496 e. The highest BCUT2D eigenvalue weighted by Gasteiger charge is 2.22. The van der Waals surface area contributed by atoms with Gasteiger partial charge in [0.2, 0.25) is 5.91 Å². The number of nitrogens with one attached hydrogen (secondary N) is 1. The fourth-order valence-electron chi connectivity index (χ4n) is 3.87. The third kappa shape index (κ3) is 5.39. The first-order chi connectivity index (χ1) is 12.6. The molecule has 3 rings (SSSR count). The lowest BCUT2D eigenvalue weighted by Crippen LogP contribution is -2.32. The molecule has 0 heterocycles. The van der Waals surface area contributed by atoms with Crippen LogP contribution in [0, 0.1) is 5.92 Å². The van der Waals surface area contributed by atoms with E-state index >= 15 is 0 Å².